The molecule has 0 radical (unpaired) electrons. The van der Waals surface area contributed by atoms with Crippen molar-refractivity contribution < 1.29 is 19.5 Å². The van der Waals surface area contributed by atoms with E-state index in [1.807, 2.05) is 0 Å². The first-order chi connectivity index (χ1) is 9.99. The Hall–Kier alpha value is -2.53. The molecule has 0 bridgehead atoms. The summed E-state index contributed by atoms with van der Waals surface area (Å²) in [4.78, 5) is 27.5. The summed E-state index contributed by atoms with van der Waals surface area (Å²) >= 11 is 5.84. The molecule has 0 aromatic heterocycles. The number of carbonyl (C=O) groups is 2. The number of carboxylic acids is 1. The summed E-state index contributed by atoms with van der Waals surface area (Å²) in [6.07, 6.45) is 0. The van der Waals surface area contributed by atoms with Crippen LogP contribution in [0.4, 0.5) is 0 Å². The maximum Gasteiger partial charge on any atom is 0.336 e. The monoisotopic (exact) mass is 305 g/mol. The minimum Gasteiger partial charge on any atom is -0.478 e. The average Bonchev–Trinajstić information content (AvgIpc) is 2.45. The molecule has 0 unspecified atom stereocenters. The van der Waals surface area contributed by atoms with Gasteiger partial charge in [-0.25, -0.2) is 4.79 Å². The first kappa shape index (κ1) is 14.9. The van der Waals surface area contributed by atoms with E-state index < -0.39 is 5.97 Å². The van der Waals surface area contributed by atoms with Crippen molar-refractivity contribution in [1.82, 2.24) is 5.48 Å². The van der Waals surface area contributed by atoms with Crippen LogP contribution in [-0.4, -0.2) is 17.0 Å². The van der Waals surface area contributed by atoms with Gasteiger partial charge in [0.05, 0.1) is 5.56 Å². The SMILES string of the molecule is CC(=O)NOc1ccccc1-c1ccc(Cl)cc1C(=O)O. The number of carbonyl (C=O) groups excluding carboxylic acids is 1. The second-order valence-corrected chi connectivity index (χ2v) is 4.69. The molecule has 0 aliphatic carbocycles. The number of hydrogen-bond acceptors (Lipinski definition) is 3. The van der Waals surface area contributed by atoms with Crippen molar-refractivity contribution in [3.8, 4) is 16.9 Å². The second kappa shape index (κ2) is 6.28. The first-order valence-corrected chi connectivity index (χ1v) is 6.42. The highest BCUT2D eigenvalue weighted by Gasteiger charge is 2.16. The Balaban J connectivity index is 2.52. The first-order valence-electron chi connectivity index (χ1n) is 6.04. The topological polar surface area (TPSA) is 75.6 Å². The Morgan fingerprint density at radius 3 is 2.52 bits per heavy atom. The molecule has 0 atom stereocenters. The summed E-state index contributed by atoms with van der Waals surface area (Å²) in [5.41, 5.74) is 3.27. The highest BCUT2D eigenvalue weighted by Crippen LogP contribution is 2.33. The number of halogens is 1. The van der Waals surface area contributed by atoms with Crippen molar-refractivity contribution in [1.29, 1.82) is 0 Å². The van der Waals surface area contributed by atoms with E-state index in [-0.39, 0.29) is 11.5 Å². The molecule has 5 nitrogen and oxygen atoms in total. The van der Waals surface area contributed by atoms with Crippen LogP contribution in [0.15, 0.2) is 42.5 Å². The molecule has 108 valence electrons. The molecule has 0 aliphatic rings. The molecule has 0 heterocycles. The molecule has 2 N–H and O–H groups in total. The fourth-order valence-electron chi connectivity index (χ4n) is 1.83. The largest absolute Gasteiger partial charge is 0.478 e. The Morgan fingerprint density at radius 2 is 1.86 bits per heavy atom. The third-order valence-electron chi connectivity index (χ3n) is 2.69. The zero-order valence-electron chi connectivity index (χ0n) is 11.1. The molecule has 0 saturated heterocycles. The Labute approximate surface area is 126 Å². The van der Waals surface area contributed by atoms with E-state index in [0.29, 0.717) is 21.9 Å². The molecule has 0 fully saturated rings. The molecule has 0 saturated carbocycles. The minimum absolute atomic E-state index is 0.0568. The maximum absolute atomic E-state index is 11.4. The van der Waals surface area contributed by atoms with Crippen LogP contribution >= 0.6 is 11.6 Å². The van der Waals surface area contributed by atoms with Crippen LogP contribution in [0.3, 0.4) is 0 Å². The van der Waals surface area contributed by atoms with Crippen molar-refractivity contribution in [3.05, 3.63) is 53.1 Å². The fraction of sp³-hybridized carbons (Fsp3) is 0.0667. The lowest BCUT2D eigenvalue weighted by molar-refractivity contribution is -0.125. The number of aromatic carboxylic acids is 1. The number of rotatable bonds is 4. The van der Waals surface area contributed by atoms with Crippen molar-refractivity contribution in [3.63, 3.8) is 0 Å². The van der Waals surface area contributed by atoms with Gasteiger partial charge in [-0.2, -0.15) is 5.48 Å². The average molecular weight is 306 g/mol. The molecular formula is C15H12ClNO4. The van der Waals surface area contributed by atoms with Gasteiger partial charge >= 0.3 is 5.97 Å². The van der Waals surface area contributed by atoms with E-state index in [4.69, 9.17) is 16.4 Å². The summed E-state index contributed by atoms with van der Waals surface area (Å²) in [5, 5.41) is 9.62. The molecular weight excluding hydrogens is 294 g/mol. The van der Waals surface area contributed by atoms with Gasteiger partial charge < -0.3 is 9.94 Å². The van der Waals surface area contributed by atoms with Gasteiger partial charge in [0, 0.05) is 23.1 Å². The standard InChI is InChI=1S/C15H12ClNO4/c1-9(18)17-21-14-5-3-2-4-12(14)11-7-6-10(16)8-13(11)15(19)20/h2-8H,1H3,(H,17,18)(H,19,20). The quantitative estimate of drug-likeness (QED) is 0.851. The molecule has 0 spiro atoms. The number of amides is 1. The molecule has 2 aromatic rings. The third-order valence-corrected chi connectivity index (χ3v) is 2.93. The van der Waals surface area contributed by atoms with Crippen LogP contribution in [-0.2, 0) is 4.79 Å². The number of hydroxylamine groups is 1. The molecule has 2 aromatic carbocycles. The van der Waals surface area contributed by atoms with Crippen molar-refractivity contribution >= 4 is 23.5 Å². The zero-order valence-corrected chi connectivity index (χ0v) is 11.8. The molecule has 21 heavy (non-hydrogen) atoms. The maximum atomic E-state index is 11.4. The fourth-order valence-corrected chi connectivity index (χ4v) is 2.01. The summed E-state index contributed by atoms with van der Waals surface area (Å²) in [7, 11) is 0. The van der Waals surface area contributed by atoms with Crippen LogP contribution in [0.25, 0.3) is 11.1 Å². The minimum atomic E-state index is -1.10. The van der Waals surface area contributed by atoms with Gasteiger partial charge in [-0.05, 0) is 18.2 Å². The predicted molar refractivity (Wildman–Crippen MR) is 78.3 cm³/mol. The van der Waals surface area contributed by atoms with Gasteiger partial charge in [0.2, 0.25) is 5.91 Å². The summed E-state index contributed by atoms with van der Waals surface area (Å²) in [6.45, 7) is 1.31. The zero-order chi connectivity index (χ0) is 15.4. The summed E-state index contributed by atoms with van der Waals surface area (Å²) in [5.74, 6) is -1.11. The lowest BCUT2D eigenvalue weighted by atomic mass is 9.99. The number of hydrogen-bond donors (Lipinski definition) is 2. The highest BCUT2D eigenvalue weighted by molar-refractivity contribution is 6.31. The number of nitrogens with one attached hydrogen (secondary N) is 1. The van der Waals surface area contributed by atoms with E-state index >= 15 is 0 Å². The molecule has 0 aliphatic heterocycles. The van der Waals surface area contributed by atoms with Crippen LogP contribution in [0.2, 0.25) is 5.02 Å². The van der Waals surface area contributed by atoms with Gasteiger partial charge in [-0.1, -0.05) is 35.9 Å². The summed E-state index contributed by atoms with van der Waals surface area (Å²) < 4.78 is 0. The Bertz CT molecular complexity index is 700. The van der Waals surface area contributed by atoms with Crippen LogP contribution in [0, 0.1) is 0 Å². The van der Waals surface area contributed by atoms with Crippen molar-refractivity contribution in [2.75, 3.05) is 0 Å². The van der Waals surface area contributed by atoms with Gasteiger partial charge in [-0.3, -0.25) is 4.79 Å². The second-order valence-electron chi connectivity index (χ2n) is 4.25. The Morgan fingerprint density at radius 1 is 1.14 bits per heavy atom. The molecule has 1 amide bonds. The van der Waals surface area contributed by atoms with Crippen LogP contribution < -0.4 is 10.3 Å². The smallest absolute Gasteiger partial charge is 0.336 e. The number of para-hydroxylation sites is 1. The van der Waals surface area contributed by atoms with Gasteiger partial charge in [-0.15, -0.1) is 0 Å². The van der Waals surface area contributed by atoms with Gasteiger partial charge in [0.15, 0.2) is 5.75 Å². The highest BCUT2D eigenvalue weighted by atomic mass is 35.5. The number of benzene rings is 2. The third kappa shape index (κ3) is 3.52. The van der Waals surface area contributed by atoms with E-state index in [1.165, 1.54) is 13.0 Å². The van der Waals surface area contributed by atoms with Gasteiger partial charge in [0.1, 0.15) is 0 Å². The van der Waals surface area contributed by atoms with Crippen molar-refractivity contribution in [2.24, 2.45) is 0 Å². The van der Waals surface area contributed by atoms with E-state index in [1.54, 1.807) is 36.4 Å². The molecule has 6 heteroatoms. The van der Waals surface area contributed by atoms with Crippen LogP contribution in [0.1, 0.15) is 17.3 Å². The predicted octanol–water partition coefficient (Wildman–Crippen LogP) is 3.14. The summed E-state index contributed by atoms with van der Waals surface area (Å²) in [6, 6.07) is 11.4. The normalized spacial score (nSPS) is 10.0. The number of carboxylic acid groups (broad SMARTS) is 1. The van der Waals surface area contributed by atoms with Crippen LogP contribution in [0.5, 0.6) is 5.75 Å². The van der Waals surface area contributed by atoms with E-state index in [2.05, 4.69) is 5.48 Å². The van der Waals surface area contributed by atoms with Gasteiger partial charge in [0.25, 0.3) is 0 Å². The molecule has 2 rings (SSSR count). The Kier molecular flexibility index (Phi) is 4.45. The lowest BCUT2D eigenvalue weighted by Gasteiger charge is -2.12. The lowest BCUT2D eigenvalue weighted by Crippen LogP contribution is -2.24. The van der Waals surface area contributed by atoms with Crippen molar-refractivity contribution in [2.45, 2.75) is 6.92 Å². The van der Waals surface area contributed by atoms with E-state index in [9.17, 15) is 14.7 Å². The van der Waals surface area contributed by atoms with E-state index in [0.717, 1.165) is 0 Å².